The van der Waals surface area contributed by atoms with E-state index in [0.717, 1.165) is 24.1 Å². The molecule has 9 nitrogen and oxygen atoms in total. The molecule has 1 atom stereocenters. The average Bonchev–Trinajstić information content (AvgIpc) is 3.44. The van der Waals surface area contributed by atoms with E-state index in [-0.39, 0.29) is 17.7 Å². The second-order valence-corrected chi connectivity index (χ2v) is 7.99. The van der Waals surface area contributed by atoms with Crippen molar-refractivity contribution < 1.29 is 14.2 Å². The van der Waals surface area contributed by atoms with Crippen LogP contribution in [-0.4, -0.2) is 49.9 Å². The number of likely N-dealkylation sites (tertiary alicyclic amines) is 1. The monoisotopic (exact) mass is 422 g/mol. The quantitative estimate of drug-likeness (QED) is 0.654. The molecular weight excluding hydrogens is 396 g/mol. The van der Waals surface area contributed by atoms with Gasteiger partial charge >= 0.3 is 0 Å². The molecule has 0 saturated carbocycles. The van der Waals surface area contributed by atoms with E-state index in [1.807, 2.05) is 42.3 Å². The third-order valence-corrected chi connectivity index (χ3v) is 5.69. The van der Waals surface area contributed by atoms with Crippen LogP contribution in [0.15, 0.2) is 41.3 Å². The Morgan fingerprint density at radius 1 is 1.26 bits per heavy atom. The zero-order chi connectivity index (χ0) is 21.8. The highest BCUT2D eigenvalue weighted by atomic mass is 16.6. The highest BCUT2D eigenvalue weighted by Crippen LogP contribution is 2.23. The lowest BCUT2D eigenvalue weighted by Gasteiger charge is -2.32. The van der Waals surface area contributed by atoms with Crippen molar-refractivity contribution in [3.8, 4) is 5.69 Å². The van der Waals surface area contributed by atoms with Crippen LogP contribution >= 0.6 is 0 Å². The van der Waals surface area contributed by atoms with Crippen LogP contribution in [0, 0.1) is 19.8 Å². The maximum absolute atomic E-state index is 13.2. The minimum absolute atomic E-state index is 0.0113. The Morgan fingerprint density at radius 2 is 2.13 bits per heavy atom. The summed E-state index contributed by atoms with van der Waals surface area (Å²) in [5, 5.41) is 14.6. The lowest BCUT2D eigenvalue weighted by molar-refractivity contribution is -0.122. The Kier molecular flexibility index (Phi) is 6.11. The van der Waals surface area contributed by atoms with Crippen LogP contribution in [-0.2, 0) is 11.3 Å². The molecule has 31 heavy (non-hydrogen) atoms. The molecule has 1 fully saturated rings. The highest BCUT2D eigenvalue weighted by Gasteiger charge is 2.26. The molecule has 3 aromatic rings. The fraction of sp³-hybridized carbons (Fsp3) is 0.409. The number of hydrogen-bond acceptors (Lipinski definition) is 6. The number of amides is 2. The highest BCUT2D eigenvalue weighted by molar-refractivity contribution is 5.95. The number of nitrogens with zero attached hydrogens (tertiary/aromatic N) is 5. The molecule has 1 aromatic carbocycles. The van der Waals surface area contributed by atoms with Crippen LogP contribution in [0.2, 0.25) is 0 Å². The number of rotatable bonds is 6. The van der Waals surface area contributed by atoms with Crippen molar-refractivity contribution in [2.75, 3.05) is 13.1 Å². The molecule has 3 heterocycles. The molecule has 2 amide bonds. The number of aryl methyl sites for hydroxylation is 2. The van der Waals surface area contributed by atoms with E-state index in [1.54, 1.807) is 17.8 Å². The van der Waals surface area contributed by atoms with E-state index in [1.165, 1.54) is 0 Å². The lowest BCUT2D eigenvalue weighted by atomic mass is 9.93. The minimum Gasteiger partial charge on any atom is -0.350 e. The second-order valence-electron chi connectivity index (χ2n) is 7.99. The van der Waals surface area contributed by atoms with Crippen LogP contribution in [0.25, 0.3) is 5.69 Å². The van der Waals surface area contributed by atoms with Crippen molar-refractivity contribution in [3.05, 3.63) is 59.2 Å². The van der Waals surface area contributed by atoms with Gasteiger partial charge in [0.2, 0.25) is 5.91 Å². The number of carbonyl (C=O) groups is 2. The van der Waals surface area contributed by atoms with Crippen molar-refractivity contribution >= 4 is 11.8 Å². The summed E-state index contributed by atoms with van der Waals surface area (Å²) in [5.74, 6) is 0.0612. The maximum atomic E-state index is 13.2. The van der Waals surface area contributed by atoms with Gasteiger partial charge in [-0.2, -0.15) is 5.10 Å². The van der Waals surface area contributed by atoms with Crippen LogP contribution in [0.3, 0.4) is 0 Å². The molecule has 0 bridgehead atoms. The molecule has 162 valence electrons. The Bertz CT molecular complexity index is 1060. The van der Waals surface area contributed by atoms with Gasteiger partial charge in [0.1, 0.15) is 11.4 Å². The number of benzene rings is 1. The second kappa shape index (κ2) is 9.11. The first kappa shape index (κ1) is 20.8. The molecule has 9 heteroatoms. The van der Waals surface area contributed by atoms with E-state index < -0.39 is 0 Å². The first-order chi connectivity index (χ1) is 15.0. The van der Waals surface area contributed by atoms with Gasteiger partial charge in [0, 0.05) is 37.5 Å². The van der Waals surface area contributed by atoms with Crippen LogP contribution < -0.4 is 5.32 Å². The topological polar surface area (TPSA) is 106 Å². The molecule has 0 aliphatic carbocycles. The van der Waals surface area contributed by atoms with Gasteiger partial charge in [-0.1, -0.05) is 16.4 Å². The number of nitrogens with one attached hydrogen (secondary N) is 1. The molecule has 1 aliphatic rings. The molecule has 0 unspecified atom stereocenters. The zero-order valence-electron chi connectivity index (χ0n) is 17.7. The summed E-state index contributed by atoms with van der Waals surface area (Å²) in [6.45, 7) is 5.35. The Labute approximate surface area is 180 Å². The summed E-state index contributed by atoms with van der Waals surface area (Å²) in [4.78, 5) is 27.4. The summed E-state index contributed by atoms with van der Waals surface area (Å²) >= 11 is 0. The van der Waals surface area contributed by atoms with Gasteiger partial charge in [-0.15, -0.1) is 0 Å². The smallest absolute Gasteiger partial charge is 0.253 e. The number of hydrogen-bond donors (Lipinski definition) is 1. The summed E-state index contributed by atoms with van der Waals surface area (Å²) in [6, 6.07) is 7.54. The SMILES string of the molecule is Cc1ccc(C(=O)N2CCC[C@@H](CC(=O)NCc3nonc3C)C2)cc1-n1cccn1. The Hall–Kier alpha value is -3.49. The molecule has 2 aromatic heterocycles. The van der Waals surface area contributed by atoms with Crippen molar-refractivity contribution in [2.24, 2.45) is 5.92 Å². The molecule has 1 aliphatic heterocycles. The third-order valence-electron chi connectivity index (χ3n) is 5.69. The normalized spacial score (nSPS) is 16.3. The maximum Gasteiger partial charge on any atom is 0.253 e. The fourth-order valence-electron chi connectivity index (χ4n) is 3.93. The van der Waals surface area contributed by atoms with Crippen LogP contribution in [0.5, 0.6) is 0 Å². The van der Waals surface area contributed by atoms with E-state index >= 15 is 0 Å². The van der Waals surface area contributed by atoms with E-state index in [0.29, 0.717) is 43.0 Å². The molecular formula is C22H26N6O3. The van der Waals surface area contributed by atoms with Crippen LogP contribution in [0.4, 0.5) is 0 Å². The van der Waals surface area contributed by atoms with Gasteiger partial charge in [-0.3, -0.25) is 9.59 Å². The van der Waals surface area contributed by atoms with Crippen molar-refractivity contribution in [2.45, 2.75) is 39.7 Å². The van der Waals surface area contributed by atoms with Gasteiger partial charge in [0.15, 0.2) is 0 Å². The van der Waals surface area contributed by atoms with E-state index in [4.69, 9.17) is 0 Å². The number of aromatic nitrogens is 4. The van der Waals surface area contributed by atoms with Gasteiger partial charge < -0.3 is 10.2 Å². The fourth-order valence-corrected chi connectivity index (χ4v) is 3.93. The Morgan fingerprint density at radius 3 is 2.87 bits per heavy atom. The first-order valence-electron chi connectivity index (χ1n) is 10.5. The van der Waals surface area contributed by atoms with E-state index in [9.17, 15) is 9.59 Å². The average molecular weight is 422 g/mol. The summed E-state index contributed by atoms with van der Waals surface area (Å²) < 4.78 is 6.41. The number of carbonyl (C=O) groups excluding carboxylic acids is 2. The van der Waals surface area contributed by atoms with Crippen LogP contribution in [0.1, 0.15) is 46.6 Å². The zero-order valence-corrected chi connectivity index (χ0v) is 17.7. The largest absolute Gasteiger partial charge is 0.350 e. The number of piperidine rings is 1. The summed E-state index contributed by atoms with van der Waals surface area (Å²) in [7, 11) is 0. The van der Waals surface area contributed by atoms with Crippen molar-refractivity contribution in [3.63, 3.8) is 0 Å². The summed E-state index contributed by atoms with van der Waals surface area (Å²) in [6.07, 6.45) is 5.76. The molecule has 1 N–H and O–H groups in total. The lowest BCUT2D eigenvalue weighted by Crippen LogP contribution is -2.41. The molecule has 1 saturated heterocycles. The molecule has 0 radical (unpaired) electrons. The van der Waals surface area contributed by atoms with Gasteiger partial charge in [-0.25, -0.2) is 9.31 Å². The predicted octanol–water partition coefficient (Wildman–Crippen LogP) is 2.43. The van der Waals surface area contributed by atoms with Gasteiger partial charge in [0.25, 0.3) is 5.91 Å². The third kappa shape index (κ3) is 4.82. The summed E-state index contributed by atoms with van der Waals surface area (Å²) in [5.41, 5.74) is 3.87. The standard InChI is InChI=1S/C22H26N6O3/c1-15-6-7-18(12-20(15)28-10-4-8-24-28)22(30)27-9-3-5-17(14-27)11-21(29)23-13-19-16(2)25-31-26-19/h4,6-8,10,12,17H,3,5,9,11,13-14H2,1-2H3,(H,23,29)/t17-/m0/s1. The first-order valence-corrected chi connectivity index (χ1v) is 10.5. The van der Waals surface area contributed by atoms with Crippen molar-refractivity contribution in [1.82, 2.24) is 30.3 Å². The predicted molar refractivity (Wildman–Crippen MR) is 112 cm³/mol. The van der Waals surface area contributed by atoms with Gasteiger partial charge in [-0.05, 0) is 56.4 Å². The van der Waals surface area contributed by atoms with Gasteiger partial charge in [0.05, 0.1) is 12.2 Å². The minimum atomic E-state index is -0.0574. The van der Waals surface area contributed by atoms with E-state index in [2.05, 4.69) is 25.4 Å². The molecule has 0 spiro atoms. The van der Waals surface area contributed by atoms with Crippen molar-refractivity contribution in [1.29, 1.82) is 0 Å². The Balaban J connectivity index is 1.37. The molecule has 4 rings (SSSR count).